The summed E-state index contributed by atoms with van der Waals surface area (Å²) in [6.07, 6.45) is 5.89. The van der Waals surface area contributed by atoms with Crippen LogP contribution in [0.2, 0.25) is 0 Å². The zero-order chi connectivity index (χ0) is 12.9. The number of anilines is 1. The summed E-state index contributed by atoms with van der Waals surface area (Å²) in [7, 11) is 1.99. The first-order valence-electron chi connectivity index (χ1n) is 7.13. The van der Waals surface area contributed by atoms with Gasteiger partial charge in [0.15, 0.2) is 0 Å². The molecule has 1 aromatic carbocycles. The van der Waals surface area contributed by atoms with Crippen LogP contribution in [0.25, 0.3) is 10.9 Å². The number of hydrogen-bond acceptors (Lipinski definition) is 3. The maximum Gasteiger partial charge on any atom is 0.0699 e. The van der Waals surface area contributed by atoms with E-state index in [1.807, 2.05) is 17.9 Å². The molecule has 1 spiro atoms. The molecule has 4 heteroatoms. The smallest absolute Gasteiger partial charge is 0.0699 e. The molecule has 0 bridgehead atoms. The second kappa shape index (κ2) is 3.97. The molecule has 2 aromatic rings. The minimum atomic E-state index is 0.605. The lowest BCUT2D eigenvalue weighted by atomic mass is 9.65. The predicted octanol–water partition coefficient (Wildman–Crippen LogP) is 2.13. The summed E-state index contributed by atoms with van der Waals surface area (Å²) in [5.41, 5.74) is 3.03. The Balaban J connectivity index is 1.48. The van der Waals surface area contributed by atoms with Crippen LogP contribution in [0.3, 0.4) is 0 Å². The van der Waals surface area contributed by atoms with Gasteiger partial charge in [-0.15, -0.1) is 0 Å². The number of aromatic nitrogens is 2. The van der Waals surface area contributed by atoms with Crippen molar-refractivity contribution in [3.8, 4) is 0 Å². The van der Waals surface area contributed by atoms with Crippen LogP contribution in [-0.2, 0) is 7.05 Å². The minimum Gasteiger partial charge on any atom is -0.382 e. The molecule has 2 N–H and O–H groups in total. The third-order valence-electron chi connectivity index (χ3n) is 4.81. The molecule has 1 aliphatic heterocycles. The first kappa shape index (κ1) is 11.3. The molecule has 100 valence electrons. The van der Waals surface area contributed by atoms with E-state index in [2.05, 4.69) is 33.9 Å². The van der Waals surface area contributed by atoms with Crippen LogP contribution in [0, 0.1) is 5.41 Å². The molecule has 0 radical (unpaired) electrons. The molecule has 1 aliphatic carbocycles. The van der Waals surface area contributed by atoms with Crippen molar-refractivity contribution in [1.82, 2.24) is 15.1 Å². The Kier molecular flexibility index (Phi) is 2.36. The predicted molar refractivity (Wildman–Crippen MR) is 77.3 cm³/mol. The third kappa shape index (κ3) is 1.82. The van der Waals surface area contributed by atoms with Gasteiger partial charge in [0.25, 0.3) is 0 Å². The fourth-order valence-corrected chi connectivity index (χ4v) is 3.70. The van der Waals surface area contributed by atoms with E-state index in [0.717, 1.165) is 0 Å². The van der Waals surface area contributed by atoms with Crippen molar-refractivity contribution in [2.45, 2.75) is 25.3 Å². The van der Waals surface area contributed by atoms with Crippen LogP contribution in [0.4, 0.5) is 5.69 Å². The molecule has 2 heterocycles. The lowest BCUT2D eigenvalue weighted by Crippen LogP contribution is -2.46. The monoisotopic (exact) mass is 256 g/mol. The summed E-state index contributed by atoms with van der Waals surface area (Å²) >= 11 is 0. The van der Waals surface area contributed by atoms with Gasteiger partial charge in [-0.1, -0.05) is 0 Å². The Hall–Kier alpha value is -1.55. The Morgan fingerprint density at radius 3 is 3.11 bits per heavy atom. The normalized spacial score (nSPS) is 29.8. The van der Waals surface area contributed by atoms with Gasteiger partial charge >= 0.3 is 0 Å². The molecule has 0 amide bonds. The molecular formula is C15H20N4. The molecule has 4 rings (SSSR count). The zero-order valence-corrected chi connectivity index (χ0v) is 11.3. The van der Waals surface area contributed by atoms with Gasteiger partial charge < -0.3 is 10.6 Å². The number of fused-ring (bicyclic) bond motifs is 1. The Bertz CT molecular complexity index is 602. The van der Waals surface area contributed by atoms with Gasteiger partial charge in [0.05, 0.1) is 11.7 Å². The number of aryl methyl sites for hydroxylation is 1. The third-order valence-corrected chi connectivity index (χ3v) is 4.81. The Morgan fingerprint density at radius 1 is 1.42 bits per heavy atom. The molecule has 1 saturated carbocycles. The van der Waals surface area contributed by atoms with E-state index in [4.69, 9.17) is 0 Å². The van der Waals surface area contributed by atoms with Gasteiger partial charge in [-0.25, -0.2) is 0 Å². The molecule has 4 nitrogen and oxygen atoms in total. The first-order chi connectivity index (χ1) is 9.24. The highest BCUT2D eigenvalue weighted by molar-refractivity contribution is 5.82. The van der Waals surface area contributed by atoms with Gasteiger partial charge in [-0.05, 0) is 49.4 Å². The SMILES string of the molecule is Cn1ncc2ccc(NC3CC4(CCNC4)C3)cc21. The highest BCUT2D eigenvalue weighted by Gasteiger charge is 2.45. The maximum absolute atomic E-state index is 4.29. The standard InChI is InChI=1S/C15H20N4/c1-19-14-6-12(3-2-11(14)9-17-19)18-13-7-15(8-13)4-5-16-10-15/h2-3,6,9,13,16,18H,4-5,7-8,10H2,1H3. The number of hydrogen-bond donors (Lipinski definition) is 2. The van der Waals surface area contributed by atoms with Crippen LogP contribution >= 0.6 is 0 Å². The zero-order valence-electron chi connectivity index (χ0n) is 11.3. The van der Waals surface area contributed by atoms with Crippen LogP contribution in [0.1, 0.15) is 19.3 Å². The molecular weight excluding hydrogens is 236 g/mol. The molecule has 2 fully saturated rings. The van der Waals surface area contributed by atoms with E-state index >= 15 is 0 Å². The topological polar surface area (TPSA) is 41.9 Å². The van der Waals surface area contributed by atoms with Crippen LogP contribution in [-0.4, -0.2) is 28.9 Å². The highest BCUT2D eigenvalue weighted by atomic mass is 15.2. The number of benzene rings is 1. The number of rotatable bonds is 2. The molecule has 0 atom stereocenters. The molecule has 2 aliphatic rings. The summed E-state index contributed by atoms with van der Waals surface area (Å²) in [6.45, 7) is 2.42. The van der Waals surface area contributed by atoms with Crippen molar-refractivity contribution in [2.24, 2.45) is 12.5 Å². The molecule has 0 unspecified atom stereocenters. The van der Waals surface area contributed by atoms with E-state index in [-0.39, 0.29) is 0 Å². The van der Waals surface area contributed by atoms with Crippen LogP contribution in [0.5, 0.6) is 0 Å². The second-order valence-electron chi connectivity index (χ2n) is 6.22. The van der Waals surface area contributed by atoms with Crippen molar-refractivity contribution in [3.05, 3.63) is 24.4 Å². The average molecular weight is 256 g/mol. The van der Waals surface area contributed by atoms with Crippen molar-refractivity contribution in [2.75, 3.05) is 18.4 Å². The van der Waals surface area contributed by atoms with Crippen LogP contribution in [0.15, 0.2) is 24.4 Å². The van der Waals surface area contributed by atoms with Crippen molar-refractivity contribution >= 4 is 16.6 Å². The van der Waals surface area contributed by atoms with Crippen molar-refractivity contribution in [1.29, 1.82) is 0 Å². The summed E-state index contributed by atoms with van der Waals surface area (Å²) in [5.74, 6) is 0. The number of nitrogens with zero attached hydrogens (tertiary/aromatic N) is 2. The fraction of sp³-hybridized carbons (Fsp3) is 0.533. The average Bonchev–Trinajstić information content (AvgIpc) is 2.97. The second-order valence-corrected chi connectivity index (χ2v) is 6.22. The molecule has 1 aromatic heterocycles. The molecule has 1 saturated heterocycles. The van der Waals surface area contributed by atoms with E-state index in [0.29, 0.717) is 11.5 Å². The lowest BCUT2D eigenvalue weighted by Gasteiger charge is -2.45. The summed E-state index contributed by atoms with van der Waals surface area (Å²) < 4.78 is 1.93. The summed E-state index contributed by atoms with van der Waals surface area (Å²) in [4.78, 5) is 0. The van der Waals surface area contributed by atoms with Gasteiger partial charge in [0.1, 0.15) is 0 Å². The lowest BCUT2D eigenvalue weighted by molar-refractivity contribution is 0.142. The van der Waals surface area contributed by atoms with E-state index in [1.165, 1.54) is 48.9 Å². The van der Waals surface area contributed by atoms with Gasteiger partial charge in [-0.3, -0.25) is 4.68 Å². The fourth-order valence-electron chi connectivity index (χ4n) is 3.70. The van der Waals surface area contributed by atoms with Crippen molar-refractivity contribution < 1.29 is 0 Å². The van der Waals surface area contributed by atoms with Gasteiger partial charge in [0.2, 0.25) is 0 Å². The van der Waals surface area contributed by atoms with E-state index in [9.17, 15) is 0 Å². The minimum absolute atomic E-state index is 0.605. The van der Waals surface area contributed by atoms with E-state index < -0.39 is 0 Å². The quantitative estimate of drug-likeness (QED) is 0.865. The highest BCUT2D eigenvalue weighted by Crippen LogP contribution is 2.46. The Labute approximate surface area is 113 Å². The van der Waals surface area contributed by atoms with Crippen molar-refractivity contribution in [3.63, 3.8) is 0 Å². The van der Waals surface area contributed by atoms with E-state index in [1.54, 1.807) is 0 Å². The maximum atomic E-state index is 4.29. The van der Waals surface area contributed by atoms with Crippen LogP contribution < -0.4 is 10.6 Å². The number of nitrogens with one attached hydrogen (secondary N) is 2. The molecule has 19 heavy (non-hydrogen) atoms. The summed E-state index contributed by atoms with van der Waals surface area (Å²) in [6, 6.07) is 7.17. The van der Waals surface area contributed by atoms with Gasteiger partial charge in [0, 0.05) is 30.7 Å². The summed E-state index contributed by atoms with van der Waals surface area (Å²) in [5, 5.41) is 12.7. The first-order valence-corrected chi connectivity index (χ1v) is 7.13. The van der Waals surface area contributed by atoms with Gasteiger partial charge in [-0.2, -0.15) is 5.10 Å². The Morgan fingerprint density at radius 2 is 2.32 bits per heavy atom. The largest absolute Gasteiger partial charge is 0.382 e.